The molecule has 2 aliphatic heterocycles. The van der Waals surface area contributed by atoms with Crippen molar-refractivity contribution in [2.45, 2.75) is 13.5 Å². The summed E-state index contributed by atoms with van der Waals surface area (Å²) in [7, 11) is 0. The molecule has 206 valence electrons. The molecule has 0 radical (unpaired) electrons. The molecule has 0 unspecified atom stereocenters. The van der Waals surface area contributed by atoms with E-state index in [-0.39, 0.29) is 18.4 Å². The standard InChI is InChI=1S/C30H27Cl2N3O4S/c1-2-35-29(37)27(17-20-6-3-4-9-26(20)39-19-22-10-11-23(31)18-25(22)32)40-30(35)33-24-8-5-7-21(16-24)28(36)34-12-14-38-15-13-34/h3-11,16-18H,2,12-15,19H2,1H3/b27-17+,33-30?. The number of amidine groups is 1. The molecule has 0 spiro atoms. The van der Waals surface area contributed by atoms with Crippen LogP contribution in [-0.4, -0.2) is 59.6 Å². The highest BCUT2D eigenvalue weighted by atomic mass is 35.5. The van der Waals surface area contributed by atoms with E-state index in [9.17, 15) is 9.59 Å². The van der Waals surface area contributed by atoms with Crippen LogP contribution in [-0.2, 0) is 16.1 Å². The van der Waals surface area contributed by atoms with Crippen molar-refractivity contribution in [3.05, 3.63) is 98.4 Å². The minimum absolute atomic E-state index is 0.0510. The van der Waals surface area contributed by atoms with E-state index in [4.69, 9.17) is 37.7 Å². The molecule has 0 saturated carbocycles. The van der Waals surface area contributed by atoms with Gasteiger partial charge in [0, 0.05) is 46.4 Å². The number of likely N-dealkylation sites (N-methyl/N-ethyl adjacent to an activating group) is 1. The van der Waals surface area contributed by atoms with E-state index in [1.54, 1.807) is 34.1 Å². The van der Waals surface area contributed by atoms with Gasteiger partial charge in [-0.2, -0.15) is 0 Å². The zero-order valence-corrected chi connectivity index (χ0v) is 24.1. The number of benzene rings is 3. The number of hydrogen-bond donors (Lipinski definition) is 0. The first kappa shape index (κ1) is 28.2. The highest BCUT2D eigenvalue weighted by molar-refractivity contribution is 8.18. The molecule has 0 atom stereocenters. The average Bonchev–Trinajstić information content (AvgIpc) is 3.26. The summed E-state index contributed by atoms with van der Waals surface area (Å²) in [4.78, 5) is 34.9. The van der Waals surface area contributed by atoms with Crippen molar-refractivity contribution in [3.63, 3.8) is 0 Å². The summed E-state index contributed by atoms with van der Waals surface area (Å²) in [6.45, 7) is 4.83. The lowest BCUT2D eigenvalue weighted by Gasteiger charge is -2.26. The second kappa shape index (κ2) is 12.9. The van der Waals surface area contributed by atoms with Gasteiger partial charge in [-0.25, -0.2) is 4.99 Å². The van der Waals surface area contributed by atoms with Gasteiger partial charge in [-0.05, 0) is 61.2 Å². The Bertz CT molecular complexity index is 1490. The first-order valence-electron chi connectivity index (χ1n) is 12.9. The largest absolute Gasteiger partial charge is 0.488 e. The van der Waals surface area contributed by atoms with Crippen LogP contribution in [0.25, 0.3) is 6.08 Å². The van der Waals surface area contributed by atoms with Crippen molar-refractivity contribution in [2.75, 3.05) is 32.8 Å². The topological polar surface area (TPSA) is 71.4 Å². The molecule has 7 nitrogen and oxygen atoms in total. The van der Waals surface area contributed by atoms with E-state index < -0.39 is 0 Å². The number of morpholine rings is 1. The van der Waals surface area contributed by atoms with Gasteiger partial charge in [-0.1, -0.05) is 53.5 Å². The van der Waals surface area contributed by atoms with E-state index >= 15 is 0 Å². The average molecular weight is 597 g/mol. The van der Waals surface area contributed by atoms with Crippen LogP contribution in [0, 0.1) is 0 Å². The first-order chi connectivity index (χ1) is 19.4. The Kier molecular flexibility index (Phi) is 9.11. The Balaban J connectivity index is 1.36. The van der Waals surface area contributed by atoms with Crippen molar-refractivity contribution >= 4 is 63.7 Å². The van der Waals surface area contributed by atoms with Gasteiger partial charge in [0.15, 0.2) is 5.17 Å². The lowest BCUT2D eigenvalue weighted by molar-refractivity contribution is -0.122. The summed E-state index contributed by atoms with van der Waals surface area (Å²) in [6, 6.07) is 20.0. The minimum Gasteiger partial charge on any atom is -0.488 e. The molecule has 40 heavy (non-hydrogen) atoms. The third-order valence-corrected chi connectivity index (χ3v) is 8.02. The third-order valence-electron chi connectivity index (χ3n) is 6.42. The molecule has 0 N–H and O–H groups in total. The fraction of sp³-hybridized carbons (Fsp3) is 0.233. The molecule has 2 aliphatic rings. The van der Waals surface area contributed by atoms with Crippen LogP contribution in [0.2, 0.25) is 10.0 Å². The molecule has 5 rings (SSSR count). The van der Waals surface area contributed by atoms with Crippen molar-refractivity contribution in [3.8, 4) is 5.75 Å². The molecular formula is C30H27Cl2N3O4S. The summed E-state index contributed by atoms with van der Waals surface area (Å²) in [5.41, 5.74) is 2.74. The molecule has 3 aromatic rings. The van der Waals surface area contributed by atoms with Crippen LogP contribution >= 0.6 is 35.0 Å². The number of para-hydroxylation sites is 1. The van der Waals surface area contributed by atoms with Gasteiger partial charge in [0.1, 0.15) is 12.4 Å². The van der Waals surface area contributed by atoms with Gasteiger partial charge >= 0.3 is 0 Å². The zero-order chi connectivity index (χ0) is 28.1. The second-order valence-corrected chi connectivity index (χ2v) is 10.9. The quantitative estimate of drug-likeness (QED) is 0.285. The normalized spacial score (nSPS) is 17.6. The highest BCUT2D eigenvalue weighted by Gasteiger charge is 2.32. The second-order valence-electron chi connectivity index (χ2n) is 9.07. The number of ether oxygens (including phenoxy) is 2. The van der Waals surface area contributed by atoms with Crippen LogP contribution in [0.15, 0.2) is 76.6 Å². The number of hydrogen-bond acceptors (Lipinski definition) is 6. The number of rotatable bonds is 7. The van der Waals surface area contributed by atoms with Crippen molar-refractivity contribution < 1.29 is 19.1 Å². The van der Waals surface area contributed by atoms with Crippen molar-refractivity contribution in [2.24, 2.45) is 4.99 Å². The Hall–Kier alpha value is -3.30. The highest BCUT2D eigenvalue weighted by Crippen LogP contribution is 2.36. The molecule has 0 aliphatic carbocycles. The van der Waals surface area contributed by atoms with Crippen LogP contribution in [0.4, 0.5) is 5.69 Å². The Morgan fingerprint density at radius 2 is 1.88 bits per heavy atom. The summed E-state index contributed by atoms with van der Waals surface area (Å²) in [5, 5.41) is 1.64. The van der Waals surface area contributed by atoms with Crippen LogP contribution in [0.5, 0.6) is 5.75 Å². The summed E-state index contributed by atoms with van der Waals surface area (Å²) in [6.07, 6.45) is 1.81. The lowest BCUT2D eigenvalue weighted by atomic mass is 10.1. The fourth-order valence-electron chi connectivity index (χ4n) is 4.30. The monoisotopic (exact) mass is 595 g/mol. The number of amides is 2. The van der Waals surface area contributed by atoms with Crippen LogP contribution in [0.3, 0.4) is 0 Å². The van der Waals surface area contributed by atoms with Gasteiger partial charge in [-0.3, -0.25) is 14.5 Å². The molecule has 2 fully saturated rings. The zero-order valence-electron chi connectivity index (χ0n) is 21.8. The van der Waals surface area contributed by atoms with Gasteiger partial charge in [-0.15, -0.1) is 0 Å². The number of halogens is 2. The van der Waals surface area contributed by atoms with Gasteiger partial charge in [0.25, 0.3) is 11.8 Å². The van der Waals surface area contributed by atoms with Crippen molar-refractivity contribution in [1.82, 2.24) is 9.80 Å². The van der Waals surface area contributed by atoms with Crippen LogP contribution in [0.1, 0.15) is 28.4 Å². The number of carbonyl (C=O) groups excluding carboxylic acids is 2. The third kappa shape index (κ3) is 6.53. The SMILES string of the molecule is CCN1C(=O)/C(=C\c2ccccc2OCc2ccc(Cl)cc2Cl)SC1=Nc1cccc(C(=O)N2CCOCC2)c1. The number of carbonyl (C=O) groups is 2. The maximum absolute atomic E-state index is 13.3. The van der Waals surface area contributed by atoms with E-state index in [1.165, 1.54) is 11.8 Å². The van der Waals surface area contributed by atoms with E-state index in [2.05, 4.69) is 0 Å². The molecule has 2 saturated heterocycles. The predicted molar refractivity (Wildman–Crippen MR) is 160 cm³/mol. The Labute approximate surface area is 247 Å². The Morgan fingerprint density at radius 1 is 1.07 bits per heavy atom. The van der Waals surface area contributed by atoms with E-state index in [0.717, 1.165) is 11.1 Å². The van der Waals surface area contributed by atoms with Gasteiger partial charge in [0.2, 0.25) is 0 Å². The molecule has 2 heterocycles. The van der Waals surface area contributed by atoms with Gasteiger partial charge < -0.3 is 14.4 Å². The van der Waals surface area contributed by atoms with Crippen LogP contribution < -0.4 is 4.74 Å². The summed E-state index contributed by atoms with van der Waals surface area (Å²) in [5.74, 6) is 0.435. The molecule has 10 heteroatoms. The fourth-order valence-corrected chi connectivity index (χ4v) is 5.82. The maximum Gasteiger partial charge on any atom is 0.266 e. The number of nitrogens with zero attached hydrogens (tertiary/aromatic N) is 3. The molecule has 0 bridgehead atoms. The van der Waals surface area contributed by atoms with E-state index in [1.807, 2.05) is 55.5 Å². The lowest BCUT2D eigenvalue weighted by Crippen LogP contribution is -2.40. The summed E-state index contributed by atoms with van der Waals surface area (Å²) >= 11 is 13.6. The molecule has 0 aromatic heterocycles. The van der Waals surface area contributed by atoms with Gasteiger partial charge in [0.05, 0.1) is 23.8 Å². The number of thioether (sulfide) groups is 1. The molecular weight excluding hydrogens is 569 g/mol. The smallest absolute Gasteiger partial charge is 0.266 e. The summed E-state index contributed by atoms with van der Waals surface area (Å²) < 4.78 is 11.4. The predicted octanol–water partition coefficient (Wildman–Crippen LogP) is 6.67. The number of aliphatic imine (C=N–C) groups is 1. The maximum atomic E-state index is 13.3. The molecule has 2 amide bonds. The first-order valence-corrected chi connectivity index (χ1v) is 14.4. The molecule has 3 aromatic carbocycles. The minimum atomic E-state index is -0.137. The Morgan fingerprint density at radius 3 is 2.65 bits per heavy atom. The van der Waals surface area contributed by atoms with E-state index in [0.29, 0.717) is 70.0 Å². The van der Waals surface area contributed by atoms with Crippen molar-refractivity contribution in [1.29, 1.82) is 0 Å².